The summed E-state index contributed by atoms with van der Waals surface area (Å²) in [5.41, 5.74) is 1.75. The maximum Gasteiger partial charge on any atom is 0.207 e. The van der Waals surface area contributed by atoms with Gasteiger partial charge in [-0.2, -0.15) is 0 Å². The summed E-state index contributed by atoms with van der Waals surface area (Å²) >= 11 is 0. The van der Waals surface area contributed by atoms with E-state index >= 15 is 0 Å². The molecule has 1 heterocycles. The molecular formula is C16H20FN3. The highest BCUT2D eigenvalue weighted by atomic mass is 19.1. The van der Waals surface area contributed by atoms with Crippen molar-refractivity contribution in [1.29, 1.82) is 0 Å². The highest BCUT2D eigenvalue weighted by Crippen LogP contribution is 2.23. The fourth-order valence-electron chi connectivity index (χ4n) is 2.85. The lowest BCUT2D eigenvalue weighted by atomic mass is 9.96. The zero-order valence-electron chi connectivity index (χ0n) is 11.8. The van der Waals surface area contributed by atoms with E-state index in [1.807, 2.05) is 23.8 Å². The van der Waals surface area contributed by atoms with Gasteiger partial charge in [-0.3, -0.25) is 4.57 Å². The molecule has 0 bridgehead atoms. The molecule has 0 unspecified atom stereocenters. The Morgan fingerprint density at radius 1 is 1.25 bits per heavy atom. The number of halogens is 1. The minimum Gasteiger partial charge on any atom is -0.353 e. The molecule has 0 spiro atoms. The number of aromatic nitrogens is 2. The molecule has 1 saturated carbocycles. The van der Waals surface area contributed by atoms with Gasteiger partial charge in [-0.25, -0.2) is 9.37 Å². The number of hydrogen-bond donors (Lipinski definition) is 1. The monoisotopic (exact) mass is 273 g/mol. The Bertz CT molecular complexity index is 585. The number of nitrogens with zero attached hydrogens (tertiary/aromatic N) is 2. The van der Waals surface area contributed by atoms with Crippen molar-refractivity contribution >= 4 is 5.95 Å². The predicted molar refractivity (Wildman–Crippen MR) is 78.8 cm³/mol. The van der Waals surface area contributed by atoms with Crippen molar-refractivity contribution in [3.63, 3.8) is 0 Å². The van der Waals surface area contributed by atoms with E-state index in [1.54, 1.807) is 6.07 Å². The summed E-state index contributed by atoms with van der Waals surface area (Å²) in [4.78, 5) is 4.54. The Balaban J connectivity index is 1.87. The van der Waals surface area contributed by atoms with E-state index in [0.717, 1.165) is 17.3 Å². The summed E-state index contributed by atoms with van der Waals surface area (Å²) in [7, 11) is 0. The fraction of sp³-hybridized carbons (Fsp3) is 0.438. The molecule has 1 aromatic carbocycles. The maximum atomic E-state index is 13.4. The van der Waals surface area contributed by atoms with Crippen molar-refractivity contribution in [2.24, 2.45) is 0 Å². The molecule has 0 saturated heterocycles. The van der Waals surface area contributed by atoms with Gasteiger partial charge in [0.15, 0.2) is 0 Å². The molecule has 1 aliphatic carbocycles. The highest BCUT2D eigenvalue weighted by molar-refractivity contribution is 5.43. The molecule has 0 amide bonds. The number of rotatable bonds is 3. The smallest absolute Gasteiger partial charge is 0.207 e. The van der Waals surface area contributed by atoms with E-state index in [0.29, 0.717) is 6.04 Å². The average Bonchev–Trinajstić information content (AvgIpc) is 2.81. The van der Waals surface area contributed by atoms with Gasteiger partial charge in [0.1, 0.15) is 5.82 Å². The summed E-state index contributed by atoms with van der Waals surface area (Å²) in [6.45, 7) is 1.96. The average molecular weight is 273 g/mol. The van der Waals surface area contributed by atoms with Crippen LogP contribution < -0.4 is 5.32 Å². The molecule has 1 fully saturated rings. The number of anilines is 1. The third-order valence-corrected chi connectivity index (χ3v) is 3.85. The predicted octanol–water partition coefficient (Wildman–Crippen LogP) is 4.06. The largest absolute Gasteiger partial charge is 0.353 e. The van der Waals surface area contributed by atoms with E-state index < -0.39 is 0 Å². The number of imidazole rings is 1. The van der Waals surface area contributed by atoms with E-state index in [2.05, 4.69) is 10.3 Å². The van der Waals surface area contributed by atoms with Gasteiger partial charge in [-0.15, -0.1) is 0 Å². The van der Waals surface area contributed by atoms with E-state index in [4.69, 9.17) is 0 Å². The number of hydrogen-bond acceptors (Lipinski definition) is 2. The van der Waals surface area contributed by atoms with Crippen LogP contribution in [0.5, 0.6) is 0 Å². The maximum absolute atomic E-state index is 13.4. The summed E-state index contributed by atoms with van der Waals surface area (Å²) in [5, 5.41) is 3.52. The lowest BCUT2D eigenvalue weighted by Crippen LogP contribution is -2.24. The second-order valence-electron chi connectivity index (χ2n) is 5.54. The minimum atomic E-state index is -0.225. The van der Waals surface area contributed by atoms with Gasteiger partial charge in [-0.1, -0.05) is 25.3 Å². The van der Waals surface area contributed by atoms with Crippen LogP contribution in [0.2, 0.25) is 0 Å². The first-order valence-corrected chi connectivity index (χ1v) is 7.31. The van der Waals surface area contributed by atoms with Crippen molar-refractivity contribution in [3.05, 3.63) is 42.0 Å². The van der Waals surface area contributed by atoms with E-state index in [-0.39, 0.29) is 5.82 Å². The van der Waals surface area contributed by atoms with Gasteiger partial charge in [0.2, 0.25) is 5.95 Å². The summed E-state index contributed by atoms with van der Waals surface area (Å²) in [6.07, 6.45) is 8.20. The van der Waals surface area contributed by atoms with Gasteiger partial charge in [0.25, 0.3) is 0 Å². The molecule has 0 radical (unpaired) electrons. The number of nitrogens with one attached hydrogen (secondary N) is 1. The van der Waals surface area contributed by atoms with Crippen LogP contribution in [0.15, 0.2) is 30.5 Å². The van der Waals surface area contributed by atoms with Crippen LogP contribution in [0.25, 0.3) is 5.69 Å². The van der Waals surface area contributed by atoms with Crippen LogP contribution in [0.3, 0.4) is 0 Å². The number of aryl methyl sites for hydroxylation is 1. The van der Waals surface area contributed by atoms with Crippen LogP contribution in [0, 0.1) is 12.7 Å². The third-order valence-electron chi connectivity index (χ3n) is 3.85. The molecule has 2 aromatic rings. The van der Waals surface area contributed by atoms with E-state index in [1.165, 1.54) is 44.2 Å². The minimum absolute atomic E-state index is 0.225. The van der Waals surface area contributed by atoms with Crippen molar-refractivity contribution in [2.45, 2.75) is 45.1 Å². The third kappa shape index (κ3) is 2.84. The molecule has 0 atom stereocenters. The summed E-state index contributed by atoms with van der Waals surface area (Å²) < 4.78 is 15.3. The van der Waals surface area contributed by atoms with Crippen LogP contribution in [-0.2, 0) is 0 Å². The Kier molecular flexibility index (Phi) is 3.72. The zero-order valence-corrected chi connectivity index (χ0v) is 11.8. The Morgan fingerprint density at radius 3 is 2.80 bits per heavy atom. The lowest BCUT2D eigenvalue weighted by molar-refractivity contribution is 0.460. The molecular weight excluding hydrogens is 253 g/mol. The molecule has 3 nitrogen and oxygen atoms in total. The summed E-state index contributed by atoms with van der Waals surface area (Å²) in [5.74, 6) is 0.595. The molecule has 4 heteroatoms. The zero-order chi connectivity index (χ0) is 13.9. The molecule has 0 aliphatic heterocycles. The van der Waals surface area contributed by atoms with Crippen molar-refractivity contribution in [3.8, 4) is 5.69 Å². The second kappa shape index (κ2) is 5.65. The van der Waals surface area contributed by atoms with Gasteiger partial charge >= 0.3 is 0 Å². The summed E-state index contributed by atoms with van der Waals surface area (Å²) in [6, 6.07) is 7.10. The first-order valence-electron chi connectivity index (χ1n) is 7.31. The SMILES string of the molecule is Cc1cn(-c2cccc(F)c2)c(NC2CCCCC2)n1. The van der Waals surface area contributed by atoms with Gasteiger partial charge in [0.05, 0.1) is 11.4 Å². The first kappa shape index (κ1) is 13.2. The molecule has 1 aromatic heterocycles. The Hall–Kier alpha value is -1.84. The first-order chi connectivity index (χ1) is 9.72. The Morgan fingerprint density at radius 2 is 2.05 bits per heavy atom. The molecule has 3 rings (SSSR count). The number of benzene rings is 1. The molecule has 106 valence electrons. The normalized spacial score (nSPS) is 16.3. The van der Waals surface area contributed by atoms with Crippen molar-refractivity contribution < 1.29 is 4.39 Å². The van der Waals surface area contributed by atoms with Crippen molar-refractivity contribution in [2.75, 3.05) is 5.32 Å². The van der Waals surface area contributed by atoms with Gasteiger partial charge in [0, 0.05) is 12.2 Å². The van der Waals surface area contributed by atoms with Crippen LogP contribution >= 0.6 is 0 Å². The molecule has 1 N–H and O–H groups in total. The van der Waals surface area contributed by atoms with Gasteiger partial charge in [-0.05, 0) is 38.0 Å². The van der Waals surface area contributed by atoms with Crippen LogP contribution in [0.1, 0.15) is 37.8 Å². The standard InChI is InChI=1S/C16H20FN3/c1-12-11-20(15-9-5-6-13(17)10-15)16(18-12)19-14-7-3-2-4-8-14/h5-6,9-11,14H,2-4,7-8H2,1H3,(H,18,19). The lowest BCUT2D eigenvalue weighted by Gasteiger charge is -2.23. The van der Waals surface area contributed by atoms with E-state index in [9.17, 15) is 4.39 Å². The Labute approximate surface area is 118 Å². The van der Waals surface area contributed by atoms with Crippen LogP contribution in [-0.4, -0.2) is 15.6 Å². The van der Waals surface area contributed by atoms with Crippen LogP contribution in [0.4, 0.5) is 10.3 Å². The van der Waals surface area contributed by atoms with Gasteiger partial charge < -0.3 is 5.32 Å². The molecule has 1 aliphatic rings. The molecule has 20 heavy (non-hydrogen) atoms. The highest BCUT2D eigenvalue weighted by Gasteiger charge is 2.16. The quantitative estimate of drug-likeness (QED) is 0.913. The fourth-order valence-corrected chi connectivity index (χ4v) is 2.85. The topological polar surface area (TPSA) is 29.9 Å². The second-order valence-corrected chi connectivity index (χ2v) is 5.54. The van der Waals surface area contributed by atoms with Crippen molar-refractivity contribution in [1.82, 2.24) is 9.55 Å².